The number of nitriles is 2. The van der Waals surface area contributed by atoms with Crippen molar-refractivity contribution in [2.75, 3.05) is 25.0 Å². The van der Waals surface area contributed by atoms with E-state index in [0.717, 1.165) is 37.2 Å². The lowest BCUT2D eigenvalue weighted by molar-refractivity contribution is 0.242. The van der Waals surface area contributed by atoms with Crippen molar-refractivity contribution in [3.63, 3.8) is 0 Å². The number of rotatable bonds is 3. The summed E-state index contributed by atoms with van der Waals surface area (Å²) in [7, 11) is 0. The normalized spacial score (nSPS) is 16.6. The first-order valence-electron chi connectivity index (χ1n) is 6.59. The van der Waals surface area contributed by atoms with Gasteiger partial charge in [0.05, 0.1) is 23.9 Å². The number of nitrogens with zero attached hydrogens (tertiary/aromatic N) is 3. The van der Waals surface area contributed by atoms with Crippen molar-refractivity contribution >= 4 is 5.69 Å². The number of piperidine rings is 1. The molecule has 1 N–H and O–H groups in total. The Kier molecular flexibility index (Phi) is 4.39. The topological polar surface area (TPSA) is 62.9 Å². The van der Waals surface area contributed by atoms with E-state index >= 15 is 0 Å². The van der Waals surface area contributed by atoms with Gasteiger partial charge in [0.1, 0.15) is 6.07 Å². The molecular formula is C15H18N4. The molecule has 1 aliphatic heterocycles. The molecule has 4 heteroatoms. The van der Waals surface area contributed by atoms with Crippen molar-refractivity contribution in [2.45, 2.75) is 25.8 Å². The largest absolute Gasteiger partial charge is 0.381 e. The molecule has 0 aromatic heterocycles. The van der Waals surface area contributed by atoms with E-state index < -0.39 is 0 Å². The van der Waals surface area contributed by atoms with Gasteiger partial charge in [-0.1, -0.05) is 6.07 Å². The Balaban J connectivity index is 1.98. The molecule has 0 atom stereocenters. The molecule has 0 amide bonds. The monoisotopic (exact) mass is 254 g/mol. The summed E-state index contributed by atoms with van der Waals surface area (Å²) in [5.74, 6) is 0. The minimum absolute atomic E-state index is 0.392. The Morgan fingerprint density at radius 3 is 2.68 bits per heavy atom. The van der Waals surface area contributed by atoms with Crippen LogP contribution in [-0.4, -0.2) is 30.6 Å². The molecule has 19 heavy (non-hydrogen) atoms. The van der Waals surface area contributed by atoms with Crippen molar-refractivity contribution in [1.29, 1.82) is 10.5 Å². The summed E-state index contributed by atoms with van der Waals surface area (Å²) in [5.41, 5.74) is 2.79. The second-order valence-electron chi connectivity index (χ2n) is 5.01. The van der Waals surface area contributed by atoms with Crippen molar-refractivity contribution in [2.24, 2.45) is 0 Å². The van der Waals surface area contributed by atoms with Crippen LogP contribution in [0.3, 0.4) is 0 Å². The van der Waals surface area contributed by atoms with Gasteiger partial charge >= 0.3 is 0 Å². The Morgan fingerprint density at radius 2 is 2.05 bits per heavy atom. The van der Waals surface area contributed by atoms with Gasteiger partial charge in [-0.2, -0.15) is 10.5 Å². The molecule has 1 aromatic rings. The third-order valence-corrected chi connectivity index (χ3v) is 3.54. The summed E-state index contributed by atoms with van der Waals surface area (Å²) < 4.78 is 0. The summed E-state index contributed by atoms with van der Waals surface area (Å²) in [5, 5.41) is 21.3. The molecule has 98 valence electrons. The van der Waals surface area contributed by atoms with Crippen LogP contribution in [0.15, 0.2) is 18.2 Å². The van der Waals surface area contributed by atoms with Crippen LogP contribution >= 0.6 is 0 Å². The maximum Gasteiger partial charge on any atom is 0.101 e. The molecule has 0 saturated carbocycles. The molecule has 4 nitrogen and oxygen atoms in total. The van der Waals surface area contributed by atoms with Gasteiger partial charge in [-0.15, -0.1) is 0 Å². The van der Waals surface area contributed by atoms with Crippen LogP contribution in [0.2, 0.25) is 0 Å². The Labute approximate surface area is 114 Å². The quantitative estimate of drug-likeness (QED) is 0.840. The number of aryl methyl sites for hydroxylation is 1. The number of benzene rings is 1. The highest BCUT2D eigenvalue weighted by molar-refractivity contribution is 5.59. The predicted octanol–water partition coefficient (Wildman–Crippen LogP) is 2.27. The van der Waals surface area contributed by atoms with Crippen LogP contribution in [0.1, 0.15) is 24.0 Å². The van der Waals surface area contributed by atoms with Crippen molar-refractivity contribution in [3.8, 4) is 12.1 Å². The van der Waals surface area contributed by atoms with E-state index in [2.05, 4.69) is 22.4 Å². The summed E-state index contributed by atoms with van der Waals surface area (Å²) in [4.78, 5) is 2.17. The molecule has 0 spiro atoms. The van der Waals surface area contributed by atoms with E-state index in [1.54, 1.807) is 0 Å². The fourth-order valence-corrected chi connectivity index (χ4v) is 2.43. The van der Waals surface area contributed by atoms with E-state index in [-0.39, 0.29) is 0 Å². The number of hydrogen-bond donors (Lipinski definition) is 1. The summed E-state index contributed by atoms with van der Waals surface area (Å²) >= 11 is 0. The van der Waals surface area contributed by atoms with Gasteiger partial charge < -0.3 is 5.32 Å². The highest BCUT2D eigenvalue weighted by atomic mass is 15.1. The van der Waals surface area contributed by atoms with Gasteiger partial charge in [-0.25, -0.2) is 0 Å². The molecule has 1 aliphatic rings. The molecule has 1 aromatic carbocycles. The van der Waals surface area contributed by atoms with Crippen molar-refractivity contribution in [1.82, 2.24) is 4.90 Å². The summed E-state index contributed by atoms with van der Waals surface area (Å²) in [6.07, 6.45) is 2.03. The average Bonchev–Trinajstić information content (AvgIpc) is 2.42. The highest BCUT2D eigenvalue weighted by Gasteiger charge is 2.19. The maximum absolute atomic E-state index is 9.12. The molecular weight excluding hydrogens is 236 g/mol. The molecule has 1 heterocycles. The van der Waals surface area contributed by atoms with E-state index in [1.165, 1.54) is 0 Å². The van der Waals surface area contributed by atoms with Gasteiger partial charge in [-0.05, 0) is 37.5 Å². The highest BCUT2D eigenvalue weighted by Crippen LogP contribution is 2.21. The van der Waals surface area contributed by atoms with Crippen LogP contribution in [0.4, 0.5) is 5.69 Å². The first-order valence-corrected chi connectivity index (χ1v) is 6.59. The first-order chi connectivity index (χ1) is 9.22. The van der Waals surface area contributed by atoms with Crippen LogP contribution in [0.5, 0.6) is 0 Å². The fraction of sp³-hybridized carbons (Fsp3) is 0.467. The minimum Gasteiger partial charge on any atom is -0.381 e. The zero-order valence-electron chi connectivity index (χ0n) is 11.2. The molecule has 0 bridgehead atoms. The molecule has 0 radical (unpaired) electrons. The van der Waals surface area contributed by atoms with Crippen LogP contribution < -0.4 is 5.32 Å². The summed E-state index contributed by atoms with van der Waals surface area (Å²) in [6, 6.07) is 10.7. The van der Waals surface area contributed by atoms with Gasteiger partial charge in [0.2, 0.25) is 0 Å². The SMILES string of the molecule is Cc1ccc(C#N)c(NC2CCN(CC#N)CC2)c1. The lowest BCUT2D eigenvalue weighted by Gasteiger charge is -2.31. The predicted molar refractivity (Wildman–Crippen MR) is 74.6 cm³/mol. The third-order valence-electron chi connectivity index (χ3n) is 3.54. The van der Waals surface area contributed by atoms with Gasteiger partial charge in [0.15, 0.2) is 0 Å². The lowest BCUT2D eigenvalue weighted by Crippen LogP contribution is -2.39. The lowest BCUT2D eigenvalue weighted by atomic mass is 10.0. The molecule has 1 fully saturated rings. The van der Waals surface area contributed by atoms with Crippen molar-refractivity contribution < 1.29 is 0 Å². The van der Waals surface area contributed by atoms with Crippen LogP contribution in [-0.2, 0) is 0 Å². The maximum atomic E-state index is 9.12. The molecule has 2 rings (SSSR count). The zero-order valence-corrected chi connectivity index (χ0v) is 11.2. The number of likely N-dealkylation sites (tertiary alicyclic amines) is 1. The first kappa shape index (κ1) is 13.4. The van der Waals surface area contributed by atoms with Gasteiger partial charge in [-0.3, -0.25) is 4.90 Å². The fourth-order valence-electron chi connectivity index (χ4n) is 2.43. The van der Waals surface area contributed by atoms with Gasteiger partial charge in [0.25, 0.3) is 0 Å². The van der Waals surface area contributed by atoms with Crippen molar-refractivity contribution in [3.05, 3.63) is 29.3 Å². The second-order valence-corrected chi connectivity index (χ2v) is 5.01. The Morgan fingerprint density at radius 1 is 1.32 bits per heavy atom. The van der Waals surface area contributed by atoms with Gasteiger partial charge in [0, 0.05) is 19.1 Å². The standard InChI is InChI=1S/C15H18N4/c1-12-2-3-13(11-17)15(10-12)18-14-4-7-19(8-5-14)9-6-16/h2-3,10,14,18H,4-5,7-9H2,1H3. The Bertz CT molecular complexity index is 516. The van der Waals surface area contributed by atoms with E-state index in [4.69, 9.17) is 10.5 Å². The van der Waals surface area contributed by atoms with Crippen LogP contribution in [0, 0.1) is 29.6 Å². The number of nitrogens with one attached hydrogen (secondary N) is 1. The molecule has 0 aliphatic carbocycles. The third kappa shape index (κ3) is 3.47. The number of hydrogen-bond acceptors (Lipinski definition) is 4. The smallest absolute Gasteiger partial charge is 0.101 e. The Hall–Kier alpha value is -2.04. The average molecular weight is 254 g/mol. The van der Waals surface area contributed by atoms with Crippen LogP contribution in [0.25, 0.3) is 0 Å². The summed E-state index contributed by atoms with van der Waals surface area (Å²) in [6.45, 7) is 4.43. The zero-order chi connectivity index (χ0) is 13.7. The van der Waals surface area contributed by atoms with E-state index in [9.17, 15) is 0 Å². The van der Waals surface area contributed by atoms with E-state index in [1.807, 2.05) is 25.1 Å². The van der Waals surface area contributed by atoms with E-state index in [0.29, 0.717) is 18.2 Å². The molecule has 0 unspecified atom stereocenters. The molecule has 1 saturated heterocycles. The second kappa shape index (κ2) is 6.22. The minimum atomic E-state index is 0.392. The number of anilines is 1.